The van der Waals surface area contributed by atoms with Crippen LogP contribution in [-0.2, 0) is 15.0 Å². The molecular weight excluding hydrogens is 316 g/mol. The van der Waals surface area contributed by atoms with E-state index in [9.17, 15) is 13.2 Å². The Morgan fingerprint density at radius 1 is 0.957 bits per heavy atom. The molecule has 1 amide bonds. The number of nitrogens with zero attached hydrogens (tertiary/aromatic N) is 3. The van der Waals surface area contributed by atoms with Crippen molar-refractivity contribution >= 4 is 16.1 Å². The summed E-state index contributed by atoms with van der Waals surface area (Å²) < 4.78 is 28.5. The number of carbonyl (C=O) groups is 1. The van der Waals surface area contributed by atoms with Crippen molar-refractivity contribution in [2.45, 2.75) is 51.1 Å². The first-order chi connectivity index (χ1) is 11.0. The molecule has 1 N–H and O–H groups in total. The van der Waals surface area contributed by atoms with Crippen LogP contribution >= 0.6 is 0 Å². The van der Waals surface area contributed by atoms with Crippen molar-refractivity contribution in [2.24, 2.45) is 0 Å². The molecule has 3 rings (SSSR count). The molecule has 7 nitrogen and oxygen atoms in total. The fraction of sp³-hybridized carbons (Fsp3) is 0.933. The van der Waals surface area contributed by atoms with Gasteiger partial charge in [-0.3, -0.25) is 9.69 Å². The van der Waals surface area contributed by atoms with Gasteiger partial charge in [0, 0.05) is 45.3 Å². The van der Waals surface area contributed by atoms with Crippen LogP contribution in [-0.4, -0.2) is 79.2 Å². The van der Waals surface area contributed by atoms with Crippen molar-refractivity contribution in [1.82, 2.24) is 18.8 Å². The Labute approximate surface area is 139 Å². The highest BCUT2D eigenvalue weighted by Crippen LogP contribution is 2.20. The summed E-state index contributed by atoms with van der Waals surface area (Å²) in [5, 5.41) is 3.02. The molecule has 2 heterocycles. The molecule has 1 saturated carbocycles. The van der Waals surface area contributed by atoms with Gasteiger partial charge >= 0.3 is 0 Å². The smallest absolute Gasteiger partial charge is 0.282 e. The van der Waals surface area contributed by atoms with E-state index in [1.807, 2.05) is 6.92 Å². The maximum absolute atomic E-state index is 12.7. The predicted octanol–water partition coefficient (Wildman–Crippen LogP) is 0.00180. The number of hydrogen-bond donors (Lipinski definition) is 1. The molecule has 0 bridgehead atoms. The molecule has 2 saturated heterocycles. The molecule has 2 aliphatic heterocycles. The van der Waals surface area contributed by atoms with Gasteiger partial charge in [0.2, 0.25) is 5.91 Å². The maximum Gasteiger partial charge on any atom is 0.282 e. The van der Waals surface area contributed by atoms with Crippen LogP contribution in [0.5, 0.6) is 0 Å². The standard InChI is InChI=1S/C15H28N4O3S/c1-13(15(20)16-14-5-6-14)17-9-11-19(12-10-17)23(21,22)18-7-3-2-4-8-18/h13-14H,2-12H2,1H3,(H,16,20)/t13-/m1/s1. The van der Waals surface area contributed by atoms with Crippen LogP contribution in [0.15, 0.2) is 0 Å². The van der Waals surface area contributed by atoms with Gasteiger partial charge in [-0.1, -0.05) is 6.42 Å². The monoisotopic (exact) mass is 344 g/mol. The Kier molecular flexibility index (Phi) is 5.25. The summed E-state index contributed by atoms with van der Waals surface area (Å²) >= 11 is 0. The lowest BCUT2D eigenvalue weighted by Crippen LogP contribution is -2.57. The molecule has 132 valence electrons. The van der Waals surface area contributed by atoms with Crippen molar-refractivity contribution in [3.05, 3.63) is 0 Å². The van der Waals surface area contributed by atoms with Crippen molar-refractivity contribution in [1.29, 1.82) is 0 Å². The molecule has 0 spiro atoms. The minimum atomic E-state index is -3.32. The van der Waals surface area contributed by atoms with E-state index in [1.165, 1.54) is 0 Å². The first kappa shape index (κ1) is 17.1. The molecule has 0 aromatic rings. The van der Waals surface area contributed by atoms with Gasteiger partial charge in [0.1, 0.15) is 0 Å². The normalized spacial score (nSPS) is 26.8. The van der Waals surface area contributed by atoms with E-state index in [2.05, 4.69) is 10.2 Å². The number of amides is 1. The molecule has 0 radical (unpaired) electrons. The molecule has 3 fully saturated rings. The number of piperidine rings is 1. The lowest BCUT2D eigenvalue weighted by Gasteiger charge is -2.39. The van der Waals surface area contributed by atoms with Gasteiger partial charge in [-0.2, -0.15) is 17.0 Å². The van der Waals surface area contributed by atoms with Crippen LogP contribution in [0.3, 0.4) is 0 Å². The van der Waals surface area contributed by atoms with Gasteiger partial charge in [0.05, 0.1) is 6.04 Å². The lowest BCUT2D eigenvalue weighted by molar-refractivity contribution is -0.126. The van der Waals surface area contributed by atoms with E-state index in [-0.39, 0.29) is 11.9 Å². The number of nitrogens with one attached hydrogen (secondary N) is 1. The lowest BCUT2D eigenvalue weighted by atomic mass is 10.2. The van der Waals surface area contributed by atoms with Gasteiger partial charge in [-0.25, -0.2) is 0 Å². The summed E-state index contributed by atoms with van der Waals surface area (Å²) in [6, 6.07) is 0.182. The second-order valence-corrected chi connectivity index (χ2v) is 8.79. The van der Waals surface area contributed by atoms with Gasteiger partial charge in [0.25, 0.3) is 10.2 Å². The highest BCUT2D eigenvalue weighted by molar-refractivity contribution is 7.86. The largest absolute Gasteiger partial charge is 0.352 e. The fourth-order valence-corrected chi connectivity index (χ4v) is 4.97. The number of carbonyl (C=O) groups excluding carboxylic acids is 1. The van der Waals surface area contributed by atoms with Crippen molar-refractivity contribution in [3.63, 3.8) is 0 Å². The number of rotatable bonds is 5. The summed E-state index contributed by atoms with van der Waals surface area (Å²) in [5.74, 6) is 0.0693. The van der Waals surface area contributed by atoms with E-state index in [0.29, 0.717) is 45.3 Å². The Morgan fingerprint density at radius 2 is 1.52 bits per heavy atom. The van der Waals surface area contributed by atoms with Crippen LogP contribution < -0.4 is 5.32 Å². The average Bonchev–Trinajstić information content (AvgIpc) is 3.39. The van der Waals surface area contributed by atoms with Crippen LogP contribution in [0.25, 0.3) is 0 Å². The maximum atomic E-state index is 12.7. The van der Waals surface area contributed by atoms with E-state index in [0.717, 1.165) is 32.1 Å². The van der Waals surface area contributed by atoms with E-state index >= 15 is 0 Å². The molecule has 8 heteroatoms. The minimum Gasteiger partial charge on any atom is -0.352 e. The van der Waals surface area contributed by atoms with Crippen LogP contribution in [0.1, 0.15) is 39.0 Å². The van der Waals surface area contributed by atoms with Crippen LogP contribution in [0.2, 0.25) is 0 Å². The Morgan fingerprint density at radius 3 is 2.09 bits per heavy atom. The van der Waals surface area contributed by atoms with E-state index in [4.69, 9.17) is 0 Å². The third-order valence-corrected chi connectivity index (χ3v) is 7.13. The third kappa shape index (κ3) is 4.04. The topological polar surface area (TPSA) is 73.0 Å². The molecule has 1 atom stereocenters. The summed E-state index contributed by atoms with van der Waals surface area (Å²) in [5.41, 5.74) is 0. The summed E-state index contributed by atoms with van der Waals surface area (Å²) in [4.78, 5) is 14.2. The predicted molar refractivity (Wildman–Crippen MR) is 88.1 cm³/mol. The molecule has 23 heavy (non-hydrogen) atoms. The van der Waals surface area contributed by atoms with E-state index in [1.54, 1.807) is 8.61 Å². The highest BCUT2D eigenvalue weighted by atomic mass is 32.2. The van der Waals surface area contributed by atoms with Gasteiger partial charge in [-0.15, -0.1) is 0 Å². The molecule has 0 unspecified atom stereocenters. The third-order valence-electron chi connectivity index (χ3n) is 5.09. The highest BCUT2D eigenvalue weighted by Gasteiger charge is 2.35. The van der Waals surface area contributed by atoms with Crippen molar-refractivity contribution < 1.29 is 13.2 Å². The Bertz CT molecular complexity index is 521. The van der Waals surface area contributed by atoms with Gasteiger partial charge in [0.15, 0.2) is 0 Å². The Hall–Kier alpha value is -0.700. The van der Waals surface area contributed by atoms with E-state index < -0.39 is 10.2 Å². The zero-order valence-corrected chi connectivity index (χ0v) is 14.7. The SMILES string of the molecule is C[C@H](C(=O)NC1CC1)N1CCN(S(=O)(=O)N2CCCCC2)CC1. The molecule has 1 aliphatic carbocycles. The zero-order valence-electron chi connectivity index (χ0n) is 13.9. The second-order valence-electron chi connectivity index (χ2n) is 6.86. The molecular formula is C15H28N4O3S. The second kappa shape index (κ2) is 7.04. The Balaban J connectivity index is 1.51. The minimum absolute atomic E-state index is 0.0693. The zero-order chi connectivity index (χ0) is 16.4. The molecule has 0 aromatic carbocycles. The first-order valence-corrected chi connectivity index (χ1v) is 10.2. The molecule has 0 aromatic heterocycles. The summed E-state index contributed by atoms with van der Waals surface area (Å²) in [6.07, 6.45) is 5.20. The van der Waals surface area contributed by atoms with Gasteiger partial charge in [-0.05, 0) is 32.6 Å². The molecule has 3 aliphatic rings. The van der Waals surface area contributed by atoms with Crippen molar-refractivity contribution in [2.75, 3.05) is 39.3 Å². The fourth-order valence-electron chi connectivity index (χ4n) is 3.30. The quantitative estimate of drug-likeness (QED) is 0.762. The number of hydrogen-bond acceptors (Lipinski definition) is 4. The first-order valence-electron chi connectivity index (χ1n) is 8.78. The summed E-state index contributed by atoms with van der Waals surface area (Å²) in [7, 11) is -3.32. The van der Waals surface area contributed by atoms with Crippen molar-refractivity contribution in [3.8, 4) is 0 Å². The van der Waals surface area contributed by atoms with Crippen LogP contribution in [0.4, 0.5) is 0 Å². The average molecular weight is 344 g/mol. The number of piperazine rings is 1. The van der Waals surface area contributed by atoms with Crippen LogP contribution in [0, 0.1) is 0 Å². The summed E-state index contributed by atoms with van der Waals surface area (Å²) in [6.45, 7) is 5.37. The van der Waals surface area contributed by atoms with Gasteiger partial charge < -0.3 is 5.32 Å².